The molecule has 0 aromatic carbocycles. The molecular formula is C11H17N3OS. The number of anilines is 2. The highest BCUT2D eigenvalue weighted by Crippen LogP contribution is 2.49. The van der Waals surface area contributed by atoms with Crippen molar-refractivity contribution in [2.45, 2.75) is 25.2 Å². The Kier molecular flexibility index (Phi) is 2.52. The maximum absolute atomic E-state index is 9.16. The zero-order chi connectivity index (χ0) is 11.1. The topological polar surface area (TPSA) is 62.4 Å². The van der Waals surface area contributed by atoms with Crippen LogP contribution in [0.25, 0.3) is 0 Å². The standard InChI is InChI=1S/C11H17N3OS/c12-10-9(8-1-2-8)11(16-13-10)14-4-3-7(5-14)6-15/h7-8,15H,1-6H2,(H2,12,13). The lowest BCUT2D eigenvalue weighted by Gasteiger charge is -2.17. The van der Waals surface area contributed by atoms with Gasteiger partial charge in [0.2, 0.25) is 0 Å². The molecule has 0 radical (unpaired) electrons. The maximum atomic E-state index is 9.16. The van der Waals surface area contributed by atoms with Gasteiger partial charge in [-0.1, -0.05) is 0 Å². The smallest absolute Gasteiger partial charge is 0.142 e. The molecule has 5 heteroatoms. The number of nitrogens with two attached hydrogens (primary N) is 1. The number of hydrogen-bond donors (Lipinski definition) is 2. The van der Waals surface area contributed by atoms with Crippen LogP contribution in [0.4, 0.5) is 10.8 Å². The first-order chi connectivity index (χ1) is 7.79. The van der Waals surface area contributed by atoms with Gasteiger partial charge in [0.15, 0.2) is 0 Å². The van der Waals surface area contributed by atoms with Crippen molar-refractivity contribution in [1.82, 2.24) is 4.37 Å². The van der Waals surface area contributed by atoms with E-state index in [-0.39, 0.29) is 0 Å². The predicted molar refractivity (Wildman–Crippen MR) is 65.9 cm³/mol. The van der Waals surface area contributed by atoms with Crippen LogP contribution in [0.2, 0.25) is 0 Å². The lowest BCUT2D eigenvalue weighted by Crippen LogP contribution is -2.20. The molecule has 0 amide bonds. The third kappa shape index (κ3) is 1.68. The van der Waals surface area contributed by atoms with Crippen LogP contribution in [0.5, 0.6) is 0 Å². The molecule has 1 saturated carbocycles. The number of aliphatic hydroxyl groups is 1. The monoisotopic (exact) mass is 239 g/mol. The second kappa shape index (κ2) is 3.89. The summed E-state index contributed by atoms with van der Waals surface area (Å²) in [6, 6.07) is 0. The summed E-state index contributed by atoms with van der Waals surface area (Å²) in [7, 11) is 0. The Morgan fingerprint density at radius 1 is 1.44 bits per heavy atom. The fourth-order valence-electron chi connectivity index (χ4n) is 2.45. The lowest BCUT2D eigenvalue weighted by atomic mass is 10.1. The molecule has 2 heterocycles. The maximum Gasteiger partial charge on any atom is 0.142 e. The summed E-state index contributed by atoms with van der Waals surface area (Å²) >= 11 is 1.52. The van der Waals surface area contributed by atoms with Gasteiger partial charge >= 0.3 is 0 Å². The third-order valence-electron chi connectivity index (χ3n) is 3.55. The minimum Gasteiger partial charge on any atom is -0.396 e. The highest BCUT2D eigenvalue weighted by molar-refractivity contribution is 7.10. The van der Waals surface area contributed by atoms with E-state index in [1.165, 1.54) is 34.9 Å². The van der Waals surface area contributed by atoms with E-state index in [0.717, 1.165) is 25.3 Å². The molecule has 0 spiro atoms. The molecule has 2 aliphatic rings. The van der Waals surface area contributed by atoms with Crippen molar-refractivity contribution in [2.24, 2.45) is 5.92 Å². The second-order valence-electron chi connectivity index (χ2n) is 4.84. The van der Waals surface area contributed by atoms with Crippen molar-refractivity contribution < 1.29 is 5.11 Å². The minimum atomic E-state index is 0.295. The van der Waals surface area contributed by atoms with Crippen LogP contribution < -0.4 is 10.6 Å². The molecule has 4 nitrogen and oxygen atoms in total. The average molecular weight is 239 g/mol. The summed E-state index contributed by atoms with van der Waals surface area (Å²) in [5.41, 5.74) is 7.22. The van der Waals surface area contributed by atoms with Crippen LogP contribution in [0, 0.1) is 5.92 Å². The second-order valence-corrected chi connectivity index (χ2v) is 5.60. The lowest BCUT2D eigenvalue weighted by molar-refractivity contribution is 0.238. The zero-order valence-electron chi connectivity index (χ0n) is 9.22. The Morgan fingerprint density at radius 2 is 2.25 bits per heavy atom. The van der Waals surface area contributed by atoms with E-state index >= 15 is 0 Å². The van der Waals surface area contributed by atoms with Gasteiger partial charge in [-0.15, -0.1) is 0 Å². The molecule has 1 atom stereocenters. The van der Waals surface area contributed by atoms with Crippen molar-refractivity contribution in [3.05, 3.63) is 5.56 Å². The Bertz CT molecular complexity index is 389. The fraction of sp³-hybridized carbons (Fsp3) is 0.727. The van der Waals surface area contributed by atoms with Gasteiger partial charge in [0.1, 0.15) is 10.8 Å². The third-order valence-corrected chi connectivity index (χ3v) is 4.49. The highest BCUT2D eigenvalue weighted by Gasteiger charge is 2.34. The van der Waals surface area contributed by atoms with E-state index in [1.54, 1.807) is 0 Å². The zero-order valence-corrected chi connectivity index (χ0v) is 10.0. The Labute approximate surface area is 99.2 Å². The van der Waals surface area contributed by atoms with Crippen LogP contribution in [-0.2, 0) is 0 Å². The number of aliphatic hydroxyl groups excluding tert-OH is 1. The quantitative estimate of drug-likeness (QED) is 0.837. The van der Waals surface area contributed by atoms with Gasteiger partial charge in [0.05, 0.1) is 0 Å². The van der Waals surface area contributed by atoms with E-state index < -0.39 is 0 Å². The first-order valence-corrected chi connectivity index (χ1v) is 6.67. The van der Waals surface area contributed by atoms with E-state index in [4.69, 9.17) is 10.8 Å². The number of hydrogen-bond acceptors (Lipinski definition) is 5. The molecule has 1 aliphatic heterocycles. The van der Waals surface area contributed by atoms with Gasteiger partial charge in [-0.05, 0) is 36.7 Å². The number of aromatic nitrogens is 1. The van der Waals surface area contributed by atoms with E-state index in [2.05, 4.69) is 9.27 Å². The normalized spacial score (nSPS) is 25.3. The highest BCUT2D eigenvalue weighted by atomic mass is 32.1. The van der Waals surface area contributed by atoms with Crippen LogP contribution >= 0.6 is 11.5 Å². The first kappa shape index (κ1) is 10.4. The van der Waals surface area contributed by atoms with Gasteiger partial charge in [-0.3, -0.25) is 0 Å². The van der Waals surface area contributed by atoms with E-state index in [1.807, 2.05) is 0 Å². The Morgan fingerprint density at radius 3 is 2.88 bits per heavy atom. The Hall–Kier alpha value is -0.810. The molecule has 0 bridgehead atoms. The van der Waals surface area contributed by atoms with Crippen LogP contribution in [0.3, 0.4) is 0 Å². The Balaban J connectivity index is 1.83. The molecule has 1 saturated heterocycles. The SMILES string of the molecule is Nc1nsc(N2CCC(CO)C2)c1C1CC1. The fourth-order valence-corrected chi connectivity index (χ4v) is 3.38. The molecule has 1 aromatic heterocycles. The summed E-state index contributed by atoms with van der Waals surface area (Å²) in [5, 5.41) is 10.4. The number of nitrogens with zero attached hydrogens (tertiary/aromatic N) is 2. The summed E-state index contributed by atoms with van der Waals surface area (Å²) in [6.45, 7) is 2.29. The van der Waals surface area contributed by atoms with Crippen LogP contribution in [0.1, 0.15) is 30.7 Å². The summed E-state index contributed by atoms with van der Waals surface area (Å²) < 4.78 is 4.29. The first-order valence-electron chi connectivity index (χ1n) is 5.90. The largest absolute Gasteiger partial charge is 0.396 e. The van der Waals surface area contributed by atoms with Crippen LogP contribution in [-0.4, -0.2) is 29.2 Å². The minimum absolute atomic E-state index is 0.295. The van der Waals surface area contributed by atoms with E-state index in [9.17, 15) is 0 Å². The number of rotatable bonds is 3. The molecule has 3 rings (SSSR count). The van der Waals surface area contributed by atoms with Gasteiger partial charge in [0.25, 0.3) is 0 Å². The average Bonchev–Trinajstić information content (AvgIpc) is 2.88. The van der Waals surface area contributed by atoms with Crippen molar-refractivity contribution in [1.29, 1.82) is 0 Å². The van der Waals surface area contributed by atoms with Crippen molar-refractivity contribution in [3.63, 3.8) is 0 Å². The van der Waals surface area contributed by atoms with Gasteiger partial charge in [-0.25, -0.2) is 0 Å². The van der Waals surface area contributed by atoms with Gasteiger partial charge in [-0.2, -0.15) is 4.37 Å². The van der Waals surface area contributed by atoms with Crippen molar-refractivity contribution >= 4 is 22.4 Å². The van der Waals surface area contributed by atoms with Crippen molar-refractivity contribution in [3.8, 4) is 0 Å². The summed E-state index contributed by atoms with van der Waals surface area (Å²) in [6.07, 6.45) is 3.60. The molecular weight excluding hydrogens is 222 g/mol. The summed E-state index contributed by atoms with van der Waals surface area (Å²) in [5.74, 6) is 1.81. The van der Waals surface area contributed by atoms with Gasteiger partial charge < -0.3 is 15.7 Å². The predicted octanol–water partition coefficient (Wildman–Crippen LogP) is 1.42. The summed E-state index contributed by atoms with van der Waals surface area (Å²) in [4.78, 5) is 2.35. The van der Waals surface area contributed by atoms with E-state index in [0.29, 0.717) is 18.4 Å². The van der Waals surface area contributed by atoms with Crippen molar-refractivity contribution in [2.75, 3.05) is 30.3 Å². The molecule has 1 aromatic rings. The van der Waals surface area contributed by atoms with Crippen LogP contribution in [0.15, 0.2) is 0 Å². The molecule has 1 unspecified atom stereocenters. The molecule has 88 valence electrons. The molecule has 1 aliphatic carbocycles. The number of nitrogen functional groups attached to an aromatic ring is 1. The molecule has 16 heavy (non-hydrogen) atoms. The molecule has 3 N–H and O–H groups in total. The van der Waals surface area contributed by atoms with Gasteiger partial charge in [0, 0.05) is 31.2 Å². The molecule has 2 fully saturated rings.